The van der Waals surface area contributed by atoms with Gasteiger partial charge in [-0.3, -0.25) is 14.3 Å². The second-order valence-corrected chi connectivity index (χ2v) is 9.73. The zero-order valence-corrected chi connectivity index (χ0v) is 18.9. The number of morpholine rings is 1. The summed E-state index contributed by atoms with van der Waals surface area (Å²) in [6, 6.07) is 11.9. The van der Waals surface area contributed by atoms with Crippen LogP contribution in [0.3, 0.4) is 0 Å². The number of fused-ring (bicyclic) bond motifs is 1. The maximum atomic E-state index is 12.8. The zero-order valence-electron chi connectivity index (χ0n) is 18.0. The third-order valence-corrected chi connectivity index (χ3v) is 7.16. The van der Waals surface area contributed by atoms with Crippen molar-refractivity contribution >= 4 is 33.2 Å². The number of nitrogens with one attached hydrogen (secondary N) is 1. The van der Waals surface area contributed by atoms with Crippen LogP contribution in [0, 0.1) is 6.92 Å². The molecule has 0 spiro atoms. The second kappa shape index (κ2) is 9.30. The molecule has 1 N–H and O–H groups in total. The molecule has 2 aliphatic rings. The molecule has 0 saturated carbocycles. The first-order valence-corrected chi connectivity index (χ1v) is 12.2. The normalized spacial score (nSPS) is 16.0. The van der Waals surface area contributed by atoms with E-state index in [0.29, 0.717) is 50.6 Å². The number of aryl methyl sites for hydroxylation is 1. The maximum Gasteiger partial charge on any atom is 0.261 e. The lowest BCUT2D eigenvalue weighted by molar-refractivity contribution is -0.136. The van der Waals surface area contributed by atoms with E-state index in [2.05, 4.69) is 4.72 Å². The van der Waals surface area contributed by atoms with E-state index in [9.17, 15) is 18.0 Å². The number of rotatable bonds is 6. The number of benzene rings is 2. The molecule has 1 fully saturated rings. The van der Waals surface area contributed by atoms with Crippen LogP contribution in [0.25, 0.3) is 0 Å². The van der Waals surface area contributed by atoms with Gasteiger partial charge in [0.05, 0.1) is 18.1 Å². The highest BCUT2D eigenvalue weighted by atomic mass is 32.2. The Labute approximate surface area is 188 Å². The van der Waals surface area contributed by atoms with Gasteiger partial charge in [-0.1, -0.05) is 17.7 Å². The molecule has 0 atom stereocenters. The predicted molar refractivity (Wildman–Crippen MR) is 121 cm³/mol. The summed E-state index contributed by atoms with van der Waals surface area (Å²) in [5, 5.41) is 0. The van der Waals surface area contributed by atoms with Gasteiger partial charge in [0.15, 0.2) is 0 Å². The highest BCUT2D eigenvalue weighted by Gasteiger charge is 2.27. The summed E-state index contributed by atoms with van der Waals surface area (Å²) >= 11 is 0. The molecule has 2 amide bonds. The van der Waals surface area contributed by atoms with Gasteiger partial charge in [-0.2, -0.15) is 0 Å². The Morgan fingerprint density at radius 2 is 1.66 bits per heavy atom. The minimum atomic E-state index is -3.73. The molecule has 0 aliphatic carbocycles. The fourth-order valence-corrected chi connectivity index (χ4v) is 5.07. The third kappa shape index (κ3) is 4.94. The van der Waals surface area contributed by atoms with Crippen molar-refractivity contribution in [2.24, 2.45) is 0 Å². The van der Waals surface area contributed by atoms with Crippen LogP contribution in [0.4, 0.5) is 11.4 Å². The molecule has 2 aromatic rings. The summed E-state index contributed by atoms with van der Waals surface area (Å²) in [4.78, 5) is 28.6. The summed E-state index contributed by atoms with van der Waals surface area (Å²) < 4.78 is 33.4. The van der Waals surface area contributed by atoms with Gasteiger partial charge in [0.2, 0.25) is 11.8 Å². The van der Waals surface area contributed by atoms with Crippen LogP contribution in [0.2, 0.25) is 0 Å². The first kappa shape index (κ1) is 22.3. The lowest BCUT2D eigenvalue weighted by Crippen LogP contribution is -2.41. The molecule has 170 valence electrons. The lowest BCUT2D eigenvalue weighted by atomic mass is 10.2. The number of nitrogens with zero attached hydrogens (tertiary/aromatic N) is 2. The SMILES string of the molecule is Cc1ccc(NS(=O)(=O)c2ccc3c(c2)CCN3C(=O)CCC(=O)N2CCOCC2)cc1. The monoisotopic (exact) mass is 457 g/mol. The average Bonchev–Trinajstić information content (AvgIpc) is 3.23. The molecular weight excluding hydrogens is 430 g/mol. The van der Waals surface area contributed by atoms with Gasteiger partial charge in [-0.25, -0.2) is 8.42 Å². The molecule has 8 nitrogen and oxygen atoms in total. The van der Waals surface area contributed by atoms with Crippen molar-refractivity contribution in [3.63, 3.8) is 0 Å². The highest BCUT2D eigenvalue weighted by Crippen LogP contribution is 2.31. The number of hydrogen-bond donors (Lipinski definition) is 1. The largest absolute Gasteiger partial charge is 0.378 e. The molecule has 0 unspecified atom stereocenters. The number of carbonyl (C=O) groups excluding carboxylic acids is 2. The van der Waals surface area contributed by atoms with Crippen molar-refractivity contribution in [2.45, 2.75) is 31.1 Å². The maximum absolute atomic E-state index is 12.8. The third-order valence-electron chi connectivity index (χ3n) is 5.78. The lowest BCUT2D eigenvalue weighted by Gasteiger charge is -2.27. The first-order valence-electron chi connectivity index (χ1n) is 10.7. The van der Waals surface area contributed by atoms with E-state index in [1.54, 1.807) is 34.1 Å². The fraction of sp³-hybridized carbons (Fsp3) is 0.391. The second-order valence-electron chi connectivity index (χ2n) is 8.05. The molecule has 0 aromatic heterocycles. The average molecular weight is 458 g/mol. The molecular formula is C23H27N3O5S. The molecule has 2 heterocycles. The van der Waals surface area contributed by atoms with E-state index in [4.69, 9.17) is 4.74 Å². The molecule has 2 aromatic carbocycles. The van der Waals surface area contributed by atoms with Crippen LogP contribution >= 0.6 is 0 Å². The van der Waals surface area contributed by atoms with Crippen LogP contribution < -0.4 is 9.62 Å². The van der Waals surface area contributed by atoms with Gasteiger partial charge >= 0.3 is 0 Å². The molecule has 1 saturated heterocycles. The van der Waals surface area contributed by atoms with Crippen molar-refractivity contribution in [1.29, 1.82) is 0 Å². The Hall–Kier alpha value is -2.91. The Morgan fingerprint density at radius 3 is 2.38 bits per heavy atom. The van der Waals surface area contributed by atoms with Crippen molar-refractivity contribution in [3.8, 4) is 0 Å². The van der Waals surface area contributed by atoms with E-state index >= 15 is 0 Å². The summed E-state index contributed by atoms with van der Waals surface area (Å²) in [5.74, 6) is -0.163. The standard InChI is InChI=1S/C23H27N3O5S/c1-17-2-4-19(5-3-17)24-32(29,30)20-6-7-21-18(16-20)10-11-26(21)23(28)9-8-22(27)25-12-14-31-15-13-25/h2-7,16,24H,8-15H2,1H3. The topological polar surface area (TPSA) is 96.0 Å². The van der Waals surface area contributed by atoms with Gasteiger partial charge in [0.1, 0.15) is 0 Å². The van der Waals surface area contributed by atoms with Crippen molar-refractivity contribution < 1.29 is 22.7 Å². The highest BCUT2D eigenvalue weighted by molar-refractivity contribution is 7.92. The van der Waals surface area contributed by atoms with Crippen LogP contribution in [0.1, 0.15) is 24.0 Å². The summed E-state index contributed by atoms with van der Waals surface area (Å²) in [6.45, 7) is 4.60. The van der Waals surface area contributed by atoms with E-state index in [-0.39, 0.29) is 29.6 Å². The minimum absolute atomic E-state index is 0.0373. The van der Waals surface area contributed by atoms with Gasteiger partial charge < -0.3 is 14.5 Å². The number of sulfonamides is 1. The van der Waals surface area contributed by atoms with E-state index in [1.807, 2.05) is 19.1 Å². The summed E-state index contributed by atoms with van der Waals surface area (Å²) in [7, 11) is -3.73. The number of anilines is 2. The molecule has 32 heavy (non-hydrogen) atoms. The number of carbonyl (C=O) groups is 2. The number of hydrogen-bond acceptors (Lipinski definition) is 5. The van der Waals surface area contributed by atoms with Gasteiger partial charge in [0.25, 0.3) is 10.0 Å². The predicted octanol–water partition coefficient (Wildman–Crippen LogP) is 2.32. The molecule has 0 bridgehead atoms. The summed E-state index contributed by atoms with van der Waals surface area (Å²) in [5.41, 5.74) is 3.06. The Morgan fingerprint density at radius 1 is 0.969 bits per heavy atom. The molecule has 0 radical (unpaired) electrons. The van der Waals surface area contributed by atoms with E-state index < -0.39 is 10.0 Å². The van der Waals surface area contributed by atoms with Crippen molar-refractivity contribution in [3.05, 3.63) is 53.6 Å². The number of ether oxygens (including phenoxy) is 1. The molecule has 4 rings (SSSR count). The fourth-order valence-electron chi connectivity index (χ4n) is 3.96. The Kier molecular flexibility index (Phi) is 6.48. The van der Waals surface area contributed by atoms with Gasteiger partial charge in [-0.05, 0) is 49.2 Å². The van der Waals surface area contributed by atoms with Crippen LogP contribution in [0.15, 0.2) is 47.4 Å². The van der Waals surface area contributed by atoms with Gasteiger partial charge in [-0.15, -0.1) is 0 Å². The van der Waals surface area contributed by atoms with Crippen molar-refractivity contribution in [1.82, 2.24) is 4.90 Å². The Bertz CT molecular complexity index is 1110. The van der Waals surface area contributed by atoms with E-state index in [0.717, 1.165) is 11.1 Å². The quantitative estimate of drug-likeness (QED) is 0.718. The van der Waals surface area contributed by atoms with E-state index in [1.165, 1.54) is 6.07 Å². The van der Waals surface area contributed by atoms with Crippen LogP contribution in [0.5, 0.6) is 0 Å². The number of amides is 2. The molecule has 9 heteroatoms. The van der Waals surface area contributed by atoms with Crippen LogP contribution in [-0.4, -0.2) is 58.0 Å². The van der Waals surface area contributed by atoms with Crippen LogP contribution in [-0.2, 0) is 30.8 Å². The smallest absolute Gasteiger partial charge is 0.261 e. The van der Waals surface area contributed by atoms with Crippen molar-refractivity contribution in [2.75, 3.05) is 42.5 Å². The van der Waals surface area contributed by atoms with Gasteiger partial charge in [0, 0.05) is 43.9 Å². The Balaban J connectivity index is 1.41. The summed E-state index contributed by atoms with van der Waals surface area (Å²) in [6.07, 6.45) is 0.870. The minimum Gasteiger partial charge on any atom is -0.378 e. The molecule has 2 aliphatic heterocycles. The first-order chi connectivity index (χ1) is 15.3. The zero-order chi connectivity index (χ0) is 22.7.